The first-order valence-electron chi connectivity index (χ1n) is 7.62. The van der Waals surface area contributed by atoms with E-state index in [9.17, 15) is 4.79 Å². The van der Waals surface area contributed by atoms with E-state index >= 15 is 0 Å². The van der Waals surface area contributed by atoms with E-state index in [1.165, 1.54) is 7.11 Å². The first-order valence-corrected chi connectivity index (χ1v) is 9.85. The number of rotatable bonds is 7. The van der Waals surface area contributed by atoms with Crippen molar-refractivity contribution in [3.05, 3.63) is 12.2 Å². The molecule has 0 aliphatic carbocycles. The van der Waals surface area contributed by atoms with Gasteiger partial charge in [0.05, 0.1) is 12.5 Å². The smallest absolute Gasteiger partial charge is 0.306 e. The Kier molecular flexibility index (Phi) is 8.61. The van der Waals surface area contributed by atoms with Gasteiger partial charge in [-0.2, -0.15) is 0 Å². The maximum absolute atomic E-state index is 10.7. The average Bonchev–Trinajstić information content (AvgIpc) is 2.35. The summed E-state index contributed by atoms with van der Waals surface area (Å²) in [6, 6.07) is 0. The van der Waals surface area contributed by atoms with Crippen molar-refractivity contribution in [2.24, 2.45) is 0 Å². The van der Waals surface area contributed by atoms with Gasteiger partial charge in [0.1, 0.15) is 8.07 Å². The van der Waals surface area contributed by atoms with Crippen LogP contribution in [0.4, 0.5) is 0 Å². The Morgan fingerprint density at radius 1 is 1.14 bits per heavy atom. The molecule has 0 aromatic carbocycles. The molecule has 120 valence electrons. The van der Waals surface area contributed by atoms with Crippen molar-refractivity contribution in [1.82, 2.24) is 0 Å². The van der Waals surface area contributed by atoms with Crippen molar-refractivity contribution in [2.45, 2.75) is 70.7 Å². The summed E-state index contributed by atoms with van der Waals surface area (Å²) < 4.78 is 5.11. The quantitative estimate of drug-likeness (QED) is 0.565. The molecule has 0 bridgehead atoms. The highest BCUT2D eigenvalue weighted by molar-refractivity contribution is 6.90. The summed E-state index contributed by atoms with van der Waals surface area (Å²) in [5.74, 6) is 2.30. The van der Waals surface area contributed by atoms with E-state index in [1.807, 2.05) is 0 Å². The van der Waals surface area contributed by atoms with Crippen molar-refractivity contribution in [2.75, 3.05) is 7.11 Å². The normalized spacial score (nSPS) is 13.8. The molecule has 0 aliphatic rings. The molecule has 0 amide bonds. The largest absolute Gasteiger partial charge is 0.481 e. The van der Waals surface area contributed by atoms with Gasteiger partial charge in [0.15, 0.2) is 0 Å². The Balaban J connectivity index is 5.18. The van der Waals surface area contributed by atoms with Crippen LogP contribution < -0.4 is 0 Å². The molecule has 0 fully saturated rings. The summed E-state index contributed by atoms with van der Waals surface area (Å²) in [6.07, 6.45) is 3.05. The minimum atomic E-state index is -1.71. The van der Waals surface area contributed by atoms with Crippen LogP contribution in [0.5, 0.6) is 0 Å². The summed E-state index contributed by atoms with van der Waals surface area (Å²) in [5.41, 5.74) is 5.34. The van der Waals surface area contributed by atoms with Crippen molar-refractivity contribution in [1.29, 1.82) is 0 Å². The van der Waals surface area contributed by atoms with E-state index < -0.39 is 20.1 Å². The summed E-state index contributed by atoms with van der Waals surface area (Å²) in [5, 5.41) is 8.78. The van der Waals surface area contributed by atoms with E-state index in [0.717, 1.165) is 0 Å². The maximum Gasteiger partial charge on any atom is 0.306 e. The monoisotopic (exact) mass is 310 g/mol. The molecule has 1 N–H and O–H groups in total. The van der Waals surface area contributed by atoms with Crippen molar-refractivity contribution < 1.29 is 14.6 Å². The number of hydrogen-bond acceptors (Lipinski definition) is 2. The highest BCUT2D eigenvalue weighted by atomic mass is 28.3. The number of carbonyl (C=O) groups is 1. The van der Waals surface area contributed by atoms with Crippen LogP contribution in [-0.2, 0) is 9.53 Å². The molecule has 0 unspecified atom stereocenters. The number of hydrogen-bond donors (Lipinski definition) is 1. The van der Waals surface area contributed by atoms with E-state index in [0.29, 0.717) is 16.6 Å². The zero-order valence-corrected chi connectivity index (χ0v) is 15.4. The topological polar surface area (TPSA) is 46.5 Å². The minimum absolute atomic E-state index is 0.0320. The third kappa shape index (κ3) is 5.68. The van der Waals surface area contributed by atoms with Crippen LogP contribution in [0.1, 0.15) is 48.0 Å². The van der Waals surface area contributed by atoms with Crippen LogP contribution in [0.25, 0.3) is 0 Å². The minimum Gasteiger partial charge on any atom is -0.481 e. The van der Waals surface area contributed by atoms with Gasteiger partial charge in [0.25, 0.3) is 0 Å². The lowest BCUT2D eigenvalue weighted by molar-refractivity contribution is -0.138. The summed E-state index contributed by atoms with van der Waals surface area (Å²) in [4.78, 5) is 10.7. The number of ether oxygens (including phenoxy) is 1. The Morgan fingerprint density at radius 3 is 1.95 bits per heavy atom. The fourth-order valence-electron chi connectivity index (χ4n) is 3.16. The average molecular weight is 311 g/mol. The zero-order chi connectivity index (χ0) is 16.6. The fraction of sp³-hybridized carbons (Fsp3) is 0.706. The molecule has 0 radical (unpaired) electrons. The Labute approximate surface area is 130 Å². The predicted molar refractivity (Wildman–Crippen MR) is 91.0 cm³/mol. The Morgan fingerprint density at radius 2 is 1.62 bits per heavy atom. The van der Waals surface area contributed by atoms with Crippen molar-refractivity contribution >= 4 is 14.0 Å². The van der Waals surface area contributed by atoms with Crippen LogP contribution >= 0.6 is 0 Å². The van der Waals surface area contributed by atoms with Crippen LogP contribution in [0.15, 0.2) is 12.2 Å². The van der Waals surface area contributed by atoms with Crippen LogP contribution in [0.3, 0.4) is 0 Å². The van der Waals surface area contributed by atoms with Crippen molar-refractivity contribution in [3.8, 4) is 11.5 Å². The van der Waals surface area contributed by atoms with Gasteiger partial charge in [-0.05, 0) is 28.8 Å². The van der Waals surface area contributed by atoms with E-state index in [2.05, 4.69) is 53.0 Å². The lowest BCUT2D eigenvalue weighted by atomic mass is 10.2. The predicted octanol–water partition coefficient (Wildman–Crippen LogP) is 4.25. The van der Waals surface area contributed by atoms with E-state index in [4.69, 9.17) is 9.84 Å². The first-order chi connectivity index (χ1) is 9.68. The lowest BCUT2D eigenvalue weighted by Crippen LogP contribution is -2.43. The number of carboxylic acids is 1. The van der Waals surface area contributed by atoms with Crippen LogP contribution in [0, 0.1) is 11.5 Å². The maximum atomic E-state index is 10.7. The molecule has 0 aromatic heterocycles. The van der Waals surface area contributed by atoms with Gasteiger partial charge in [-0.3, -0.25) is 4.79 Å². The Hall–Kier alpha value is -1.05. The highest BCUT2D eigenvalue weighted by Crippen LogP contribution is 2.40. The van der Waals surface area contributed by atoms with Gasteiger partial charge >= 0.3 is 5.97 Å². The Bertz CT molecular complexity index is 392. The molecule has 3 nitrogen and oxygen atoms in total. The second-order valence-electron chi connectivity index (χ2n) is 6.40. The summed E-state index contributed by atoms with van der Waals surface area (Å²) >= 11 is 0. The van der Waals surface area contributed by atoms with Gasteiger partial charge in [-0.15, -0.1) is 5.54 Å². The van der Waals surface area contributed by atoms with Gasteiger partial charge in [-0.25, -0.2) is 0 Å². The zero-order valence-electron chi connectivity index (χ0n) is 14.4. The SMILES string of the molecule is CO[C@@H](/C=C/C#C[Si](C(C)C)(C(C)C)C(C)C)CC(=O)O. The fourth-order valence-corrected chi connectivity index (χ4v) is 8.36. The lowest BCUT2D eigenvalue weighted by Gasteiger charge is -2.38. The summed E-state index contributed by atoms with van der Waals surface area (Å²) in [7, 11) is -0.197. The number of carboxylic acid groups (broad SMARTS) is 1. The van der Waals surface area contributed by atoms with Crippen molar-refractivity contribution in [3.63, 3.8) is 0 Å². The molecular weight excluding hydrogens is 280 g/mol. The summed E-state index contributed by atoms with van der Waals surface area (Å²) in [6.45, 7) is 13.6. The molecule has 0 saturated heterocycles. The molecule has 0 aromatic rings. The highest BCUT2D eigenvalue weighted by Gasteiger charge is 2.41. The van der Waals surface area contributed by atoms with Gasteiger partial charge < -0.3 is 9.84 Å². The van der Waals surface area contributed by atoms with E-state index in [-0.39, 0.29) is 6.42 Å². The van der Waals surface area contributed by atoms with Gasteiger partial charge in [0.2, 0.25) is 0 Å². The molecule has 0 spiro atoms. The van der Waals surface area contributed by atoms with E-state index in [1.54, 1.807) is 12.2 Å². The molecule has 0 saturated carbocycles. The third-order valence-electron chi connectivity index (χ3n) is 4.23. The van der Waals surface area contributed by atoms with Gasteiger partial charge in [0, 0.05) is 7.11 Å². The van der Waals surface area contributed by atoms with Crippen LogP contribution in [0.2, 0.25) is 16.6 Å². The molecular formula is C17H30O3Si. The molecule has 4 heteroatoms. The number of methoxy groups -OCH3 is 1. The first kappa shape index (κ1) is 19.9. The molecule has 0 rings (SSSR count). The van der Waals surface area contributed by atoms with Crippen LogP contribution in [-0.4, -0.2) is 32.4 Å². The van der Waals surface area contributed by atoms with Gasteiger partial charge in [-0.1, -0.05) is 47.5 Å². The third-order valence-corrected chi connectivity index (χ3v) is 10.5. The number of aliphatic carboxylic acids is 1. The molecule has 21 heavy (non-hydrogen) atoms. The second kappa shape index (κ2) is 9.06. The standard InChI is InChI=1S/C17H30O3Si/c1-13(2)21(14(3)4,15(5)6)11-9-8-10-16(20-7)12-17(18)19/h8,10,13-16H,12H2,1-7H3,(H,18,19)/b10-8+/t16-/m0/s1. The molecule has 1 atom stereocenters. The molecule has 0 aliphatic heterocycles. The second-order valence-corrected chi connectivity index (χ2v) is 12.0. The molecule has 0 heterocycles. The number of allylic oxidation sites excluding steroid dienone is 1.